The number of fused-ring (bicyclic) bond motifs is 2. The van der Waals surface area contributed by atoms with Gasteiger partial charge >= 0.3 is 0 Å². The van der Waals surface area contributed by atoms with E-state index < -0.39 is 0 Å². The molecule has 0 spiro atoms. The zero-order valence-corrected chi connectivity index (χ0v) is 16.4. The predicted octanol–water partition coefficient (Wildman–Crippen LogP) is 3.40. The molecule has 4 heterocycles. The Morgan fingerprint density at radius 3 is 2.82 bits per heavy atom. The van der Waals surface area contributed by atoms with E-state index in [-0.39, 0.29) is 0 Å². The van der Waals surface area contributed by atoms with Crippen molar-refractivity contribution in [3.63, 3.8) is 0 Å². The number of nitrogens with one attached hydrogen (secondary N) is 2. The number of likely N-dealkylation sites (tertiary alicyclic amines) is 1. The Hall–Kier alpha value is -2.93. The van der Waals surface area contributed by atoms with Crippen molar-refractivity contribution in [2.45, 2.75) is 26.7 Å². The third-order valence-corrected chi connectivity index (χ3v) is 5.70. The van der Waals surface area contributed by atoms with Crippen molar-refractivity contribution in [1.29, 1.82) is 0 Å². The Kier molecular flexibility index (Phi) is 4.24. The molecule has 0 radical (unpaired) electrons. The number of pyridine rings is 1. The van der Waals surface area contributed by atoms with Gasteiger partial charge in [-0.15, -0.1) is 0 Å². The van der Waals surface area contributed by atoms with Gasteiger partial charge in [0.25, 0.3) is 0 Å². The van der Waals surface area contributed by atoms with Crippen LogP contribution in [0.4, 0.5) is 5.82 Å². The average molecular weight is 375 g/mol. The van der Waals surface area contributed by atoms with E-state index in [9.17, 15) is 0 Å². The number of aromatic amines is 1. The van der Waals surface area contributed by atoms with Crippen LogP contribution < -0.4 is 5.32 Å². The third kappa shape index (κ3) is 3.01. The molecule has 1 aromatic carbocycles. The van der Waals surface area contributed by atoms with E-state index in [1.165, 1.54) is 37.1 Å². The van der Waals surface area contributed by atoms with Crippen molar-refractivity contribution in [2.75, 3.05) is 31.5 Å². The molecule has 1 aliphatic heterocycles. The highest BCUT2D eigenvalue weighted by atomic mass is 15.3. The highest BCUT2D eigenvalue weighted by Gasteiger charge is 2.14. The summed E-state index contributed by atoms with van der Waals surface area (Å²) >= 11 is 0. The second-order valence-corrected chi connectivity index (χ2v) is 7.70. The van der Waals surface area contributed by atoms with E-state index >= 15 is 0 Å². The first-order chi connectivity index (χ1) is 13.7. The summed E-state index contributed by atoms with van der Waals surface area (Å²) in [7, 11) is 0. The summed E-state index contributed by atoms with van der Waals surface area (Å²) in [5.74, 6) is 0.937. The summed E-state index contributed by atoms with van der Waals surface area (Å²) in [4.78, 5) is 6.82. The van der Waals surface area contributed by atoms with Crippen LogP contribution in [0.3, 0.4) is 0 Å². The molecule has 1 saturated heterocycles. The fourth-order valence-corrected chi connectivity index (χ4v) is 4.20. The molecule has 0 atom stereocenters. The van der Waals surface area contributed by atoms with Gasteiger partial charge in [-0.2, -0.15) is 10.2 Å². The minimum absolute atomic E-state index is 0.897. The van der Waals surface area contributed by atoms with Gasteiger partial charge in [-0.3, -0.25) is 5.10 Å². The number of benzene rings is 1. The third-order valence-electron chi connectivity index (χ3n) is 5.70. The van der Waals surface area contributed by atoms with Crippen LogP contribution in [-0.4, -0.2) is 55.9 Å². The van der Waals surface area contributed by atoms with Gasteiger partial charge in [0.1, 0.15) is 6.33 Å². The van der Waals surface area contributed by atoms with Crippen LogP contribution in [0, 0.1) is 13.8 Å². The van der Waals surface area contributed by atoms with Gasteiger partial charge in [0.15, 0.2) is 11.5 Å². The molecule has 144 valence electrons. The van der Waals surface area contributed by atoms with Crippen molar-refractivity contribution >= 4 is 22.4 Å². The molecule has 1 fully saturated rings. The zero-order valence-electron chi connectivity index (χ0n) is 16.4. The predicted molar refractivity (Wildman–Crippen MR) is 112 cm³/mol. The average Bonchev–Trinajstić information content (AvgIpc) is 3.42. The molecule has 2 N–H and O–H groups in total. The molecule has 4 aromatic rings. The van der Waals surface area contributed by atoms with Crippen molar-refractivity contribution in [3.8, 4) is 11.1 Å². The quantitative estimate of drug-likeness (QED) is 0.559. The summed E-state index contributed by atoms with van der Waals surface area (Å²) in [5, 5.41) is 16.6. The molecule has 0 bridgehead atoms. The van der Waals surface area contributed by atoms with Crippen LogP contribution in [0.2, 0.25) is 0 Å². The monoisotopic (exact) mass is 375 g/mol. The Balaban J connectivity index is 1.44. The second-order valence-electron chi connectivity index (χ2n) is 7.70. The maximum absolute atomic E-state index is 4.51. The van der Waals surface area contributed by atoms with Crippen LogP contribution >= 0.6 is 0 Å². The van der Waals surface area contributed by atoms with Crippen LogP contribution in [0.15, 0.2) is 30.7 Å². The first kappa shape index (κ1) is 17.2. The molecule has 7 nitrogen and oxygen atoms in total. The van der Waals surface area contributed by atoms with E-state index in [0.717, 1.165) is 46.6 Å². The molecule has 3 aromatic heterocycles. The van der Waals surface area contributed by atoms with Crippen molar-refractivity contribution in [1.82, 2.24) is 29.7 Å². The number of hydrogen-bond donors (Lipinski definition) is 2. The van der Waals surface area contributed by atoms with E-state index in [2.05, 4.69) is 62.5 Å². The second kappa shape index (κ2) is 6.91. The van der Waals surface area contributed by atoms with Gasteiger partial charge in [-0.05, 0) is 74.7 Å². The first-order valence-corrected chi connectivity index (χ1v) is 9.94. The Morgan fingerprint density at radius 1 is 1.11 bits per heavy atom. The molecular formula is C21H25N7. The molecule has 0 unspecified atom stereocenters. The maximum atomic E-state index is 4.51. The van der Waals surface area contributed by atoms with Gasteiger partial charge in [-0.25, -0.2) is 9.50 Å². The number of rotatable bonds is 5. The molecule has 7 heteroatoms. The van der Waals surface area contributed by atoms with E-state index in [1.807, 2.05) is 10.7 Å². The van der Waals surface area contributed by atoms with Crippen molar-refractivity contribution in [3.05, 3.63) is 41.9 Å². The van der Waals surface area contributed by atoms with Crippen LogP contribution in [-0.2, 0) is 0 Å². The largest absolute Gasteiger partial charge is 0.367 e. The lowest BCUT2D eigenvalue weighted by atomic mass is 9.99. The minimum Gasteiger partial charge on any atom is -0.367 e. The smallest absolute Gasteiger partial charge is 0.158 e. The molecule has 0 aliphatic carbocycles. The highest BCUT2D eigenvalue weighted by molar-refractivity contribution is 5.94. The summed E-state index contributed by atoms with van der Waals surface area (Å²) in [6, 6.07) is 6.57. The Labute approximate surface area is 163 Å². The van der Waals surface area contributed by atoms with Crippen molar-refractivity contribution in [2.24, 2.45) is 0 Å². The number of H-pyrrole nitrogens is 1. The fraction of sp³-hybridized carbons (Fsp3) is 0.381. The van der Waals surface area contributed by atoms with Gasteiger partial charge in [0, 0.05) is 30.2 Å². The SMILES string of the molecule is Cc1cc2c(NCCN3CCCC3)n[nH]c2cc1-c1cc(C)c2ncnn2c1. The number of aryl methyl sites for hydroxylation is 2. The lowest BCUT2D eigenvalue weighted by molar-refractivity contribution is 0.352. The Morgan fingerprint density at radius 2 is 1.96 bits per heavy atom. The number of aromatic nitrogens is 5. The summed E-state index contributed by atoms with van der Waals surface area (Å²) in [6.45, 7) is 8.66. The van der Waals surface area contributed by atoms with Gasteiger partial charge < -0.3 is 10.2 Å². The van der Waals surface area contributed by atoms with Gasteiger partial charge in [0.2, 0.25) is 0 Å². The van der Waals surface area contributed by atoms with Crippen LogP contribution in [0.25, 0.3) is 27.7 Å². The maximum Gasteiger partial charge on any atom is 0.158 e. The highest BCUT2D eigenvalue weighted by Crippen LogP contribution is 2.31. The minimum atomic E-state index is 0.897. The number of hydrogen-bond acceptors (Lipinski definition) is 5. The van der Waals surface area contributed by atoms with E-state index in [1.54, 1.807) is 6.33 Å². The topological polar surface area (TPSA) is 74.1 Å². The van der Waals surface area contributed by atoms with Crippen LogP contribution in [0.5, 0.6) is 0 Å². The summed E-state index contributed by atoms with van der Waals surface area (Å²) < 4.78 is 1.84. The molecule has 0 amide bonds. The summed E-state index contributed by atoms with van der Waals surface area (Å²) in [6.07, 6.45) is 6.28. The molecule has 0 saturated carbocycles. The van der Waals surface area contributed by atoms with Gasteiger partial charge in [0.05, 0.1) is 5.52 Å². The molecule has 5 rings (SSSR count). The van der Waals surface area contributed by atoms with Crippen LogP contribution in [0.1, 0.15) is 24.0 Å². The lowest BCUT2D eigenvalue weighted by Crippen LogP contribution is -2.26. The van der Waals surface area contributed by atoms with E-state index in [4.69, 9.17) is 0 Å². The standard InChI is InChI=1S/C21H25N7/c1-14-10-18-19(25-26-20(18)22-5-8-27-6-3-4-7-27)11-17(14)16-9-15(2)21-23-13-24-28(21)12-16/h9-13H,3-8H2,1-2H3,(H2,22,25,26). The lowest BCUT2D eigenvalue weighted by Gasteiger charge is -2.14. The molecule has 1 aliphatic rings. The first-order valence-electron chi connectivity index (χ1n) is 9.94. The summed E-state index contributed by atoms with van der Waals surface area (Å²) in [5.41, 5.74) is 6.58. The van der Waals surface area contributed by atoms with E-state index in [0.29, 0.717) is 0 Å². The normalized spacial score (nSPS) is 15.1. The number of nitrogens with zero attached hydrogens (tertiary/aromatic N) is 5. The van der Waals surface area contributed by atoms with Crippen molar-refractivity contribution < 1.29 is 0 Å². The van der Waals surface area contributed by atoms with Gasteiger partial charge in [-0.1, -0.05) is 0 Å². The molecular weight excluding hydrogens is 350 g/mol. The molecule has 28 heavy (non-hydrogen) atoms. The zero-order chi connectivity index (χ0) is 19.1. The number of anilines is 1. The Bertz CT molecular complexity index is 1130. The fourth-order valence-electron chi connectivity index (χ4n) is 4.20.